The molecule has 25 heavy (non-hydrogen) atoms. The molecule has 0 aliphatic heterocycles. The predicted molar refractivity (Wildman–Crippen MR) is 102 cm³/mol. The summed E-state index contributed by atoms with van der Waals surface area (Å²) in [6, 6.07) is 14.6. The summed E-state index contributed by atoms with van der Waals surface area (Å²) >= 11 is 3.34. The van der Waals surface area contributed by atoms with Gasteiger partial charge in [-0.15, -0.1) is 0 Å². The Morgan fingerprint density at radius 3 is 2.60 bits per heavy atom. The number of nitrogens with one attached hydrogen (secondary N) is 1. The van der Waals surface area contributed by atoms with Crippen molar-refractivity contribution in [2.24, 2.45) is 0 Å². The smallest absolute Gasteiger partial charge is 0.246 e. The van der Waals surface area contributed by atoms with E-state index in [2.05, 4.69) is 21.2 Å². The minimum Gasteiger partial charge on any atom is -0.497 e. The van der Waals surface area contributed by atoms with Gasteiger partial charge in [-0.25, -0.2) is 0 Å². The van der Waals surface area contributed by atoms with Crippen LogP contribution in [0.25, 0.3) is 6.08 Å². The zero-order valence-corrected chi connectivity index (χ0v) is 15.6. The Bertz CT molecular complexity index is 772. The van der Waals surface area contributed by atoms with Crippen LogP contribution in [0.1, 0.15) is 5.56 Å². The van der Waals surface area contributed by atoms with Crippen LogP contribution in [0.4, 0.5) is 5.69 Å². The molecule has 130 valence electrons. The lowest BCUT2D eigenvalue weighted by Crippen LogP contribution is -2.33. The van der Waals surface area contributed by atoms with Crippen LogP contribution < -0.4 is 10.1 Å². The first-order chi connectivity index (χ1) is 12.0. The molecule has 0 radical (unpaired) electrons. The van der Waals surface area contributed by atoms with E-state index in [4.69, 9.17) is 4.74 Å². The third-order valence-electron chi connectivity index (χ3n) is 3.40. The number of benzene rings is 2. The maximum Gasteiger partial charge on any atom is 0.246 e. The molecular weight excluding hydrogens is 384 g/mol. The molecule has 0 heterocycles. The Morgan fingerprint density at radius 2 is 1.92 bits per heavy atom. The maximum atomic E-state index is 12.1. The van der Waals surface area contributed by atoms with Gasteiger partial charge in [-0.2, -0.15) is 0 Å². The molecule has 0 bridgehead atoms. The highest BCUT2D eigenvalue weighted by molar-refractivity contribution is 9.10. The van der Waals surface area contributed by atoms with Gasteiger partial charge in [-0.1, -0.05) is 28.1 Å². The van der Waals surface area contributed by atoms with E-state index in [0.717, 1.165) is 15.8 Å². The second kappa shape index (κ2) is 9.03. The van der Waals surface area contributed by atoms with Crippen molar-refractivity contribution < 1.29 is 14.3 Å². The Labute approximate surface area is 155 Å². The topological polar surface area (TPSA) is 58.6 Å². The Morgan fingerprint density at radius 1 is 1.20 bits per heavy atom. The lowest BCUT2D eigenvalue weighted by atomic mass is 10.2. The lowest BCUT2D eigenvalue weighted by molar-refractivity contribution is -0.129. The summed E-state index contributed by atoms with van der Waals surface area (Å²) in [6.07, 6.45) is 3.12. The number of carbonyl (C=O) groups is 2. The van der Waals surface area contributed by atoms with Crippen LogP contribution in [-0.4, -0.2) is 37.4 Å². The third-order valence-corrected chi connectivity index (χ3v) is 3.93. The van der Waals surface area contributed by atoms with Crippen molar-refractivity contribution in [1.29, 1.82) is 0 Å². The summed E-state index contributed by atoms with van der Waals surface area (Å²) in [5.74, 6) is 0.207. The van der Waals surface area contributed by atoms with Crippen LogP contribution >= 0.6 is 15.9 Å². The molecule has 0 atom stereocenters. The lowest BCUT2D eigenvalue weighted by Gasteiger charge is -2.15. The number of carbonyl (C=O) groups excluding carboxylic acids is 2. The molecule has 0 saturated heterocycles. The molecule has 0 aromatic heterocycles. The fourth-order valence-corrected chi connectivity index (χ4v) is 2.33. The highest BCUT2D eigenvalue weighted by atomic mass is 79.9. The fourth-order valence-electron chi connectivity index (χ4n) is 2.07. The summed E-state index contributed by atoms with van der Waals surface area (Å²) in [4.78, 5) is 25.5. The van der Waals surface area contributed by atoms with Gasteiger partial charge in [-0.3, -0.25) is 9.59 Å². The number of hydrogen-bond acceptors (Lipinski definition) is 3. The minimum absolute atomic E-state index is 0.0304. The highest BCUT2D eigenvalue weighted by Gasteiger charge is 2.10. The monoisotopic (exact) mass is 402 g/mol. The van der Waals surface area contributed by atoms with Gasteiger partial charge in [0.25, 0.3) is 0 Å². The molecular formula is C19H19BrN2O3. The molecule has 1 N–H and O–H groups in total. The largest absolute Gasteiger partial charge is 0.497 e. The molecule has 2 aromatic rings. The number of likely N-dealkylation sites (N-methyl/N-ethyl adjacent to an activating group) is 1. The normalized spacial score (nSPS) is 10.5. The standard InChI is InChI=1S/C19H19BrN2O3/c1-22(13-18(23)21-16-9-7-15(20)8-10-16)19(24)11-6-14-4-3-5-17(12-14)25-2/h3-12H,13H2,1-2H3,(H,21,23)/b11-6+. The Hall–Kier alpha value is -2.60. The third kappa shape index (κ3) is 6.08. The van der Waals surface area contributed by atoms with Crippen molar-refractivity contribution in [3.05, 3.63) is 64.6 Å². The van der Waals surface area contributed by atoms with Crippen LogP contribution in [0, 0.1) is 0 Å². The zero-order valence-electron chi connectivity index (χ0n) is 14.0. The number of nitrogens with zero attached hydrogens (tertiary/aromatic N) is 1. The van der Waals surface area contributed by atoms with Crippen LogP contribution in [0.3, 0.4) is 0 Å². The van der Waals surface area contributed by atoms with E-state index in [0.29, 0.717) is 5.69 Å². The van der Waals surface area contributed by atoms with Crippen molar-refractivity contribution in [3.8, 4) is 5.75 Å². The number of hydrogen-bond donors (Lipinski definition) is 1. The quantitative estimate of drug-likeness (QED) is 0.751. The van der Waals surface area contributed by atoms with Gasteiger partial charge in [0, 0.05) is 23.3 Å². The molecule has 2 rings (SSSR count). The second-order valence-corrected chi connectivity index (χ2v) is 6.27. The summed E-state index contributed by atoms with van der Waals surface area (Å²) in [5, 5.41) is 2.75. The van der Waals surface area contributed by atoms with E-state index in [-0.39, 0.29) is 18.4 Å². The number of ether oxygens (including phenoxy) is 1. The number of anilines is 1. The molecule has 0 saturated carbocycles. The van der Waals surface area contributed by atoms with Gasteiger partial charge in [0.05, 0.1) is 13.7 Å². The van der Waals surface area contributed by atoms with E-state index >= 15 is 0 Å². The average Bonchev–Trinajstić information content (AvgIpc) is 2.61. The molecule has 0 aliphatic rings. The van der Waals surface area contributed by atoms with E-state index in [1.54, 1.807) is 32.4 Å². The molecule has 6 heteroatoms. The number of methoxy groups -OCH3 is 1. The zero-order chi connectivity index (χ0) is 18.2. The molecule has 0 fully saturated rings. The first kappa shape index (κ1) is 18.7. The molecule has 0 spiro atoms. The van der Waals surface area contributed by atoms with E-state index in [1.165, 1.54) is 11.0 Å². The first-order valence-corrected chi connectivity index (χ1v) is 8.40. The van der Waals surface area contributed by atoms with E-state index in [1.807, 2.05) is 36.4 Å². The Balaban J connectivity index is 1.89. The van der Waals surface area contributed by atoms with Gasteiger partial charge in [-0.05, 0) is 48.0 Å². The number of rotatable bonds is 6. The van der Waals surface area contributed by atoms with Crippen molar-refractivity contribution in [2.45, 2.75) is 0 Å². The summed E-state index contributed by atoms with van der Waals surface area (Å²) in [6.45, 7) is -0.0304. The summed E-state index contributed by atoms with van der Waals surface area (Å²) in [5.41, 5.74) is 1.53. The first-order valence-electron chi connectivity index (χ1n) is 7.60. The van der Waals surface area contributed by atoms with Crippen LogP contribution in [0.2, 0.25) is 0 Å². The van der Waals surface area contributed by atoms with Gasteiger partial charge in [0.2, 0.25) is 11.8 Å². The van der Waals surface area contributed by atoms with Gasteiger partial charge in [0.1, 0.15) is 5.75 Å². The SMILES string of the molecule is COc1cccc(/C=C/C(=O)N(C)CC(=O)Nc2ccc(Br)cc2)c1. The van der Waals surface area contributed by atoms with Gasteiger partial charge >= 0.3 is 0 Å². The predicted octanol–water partition coefficient (Wildman–Crippen LogP) is 3.57. The number of amides is 2. The Kier molecular flexibility index (Phi) is 6.77. The van der Waals surface area contributed by atoms with E-state index in [9.17, 15) is 9.59 Å². The van der Waals surface area contributed by atoms with E-state index < -0.39 is 0 Å². The molecule has 2 amide bonds. The van der Waals surface area contributed by atoms with Crippen LogP contribution in [-0.2, 0) is 9.59 Å². The van der Waals surface area contributed by atoms with Crippen molar-refractivity contribution in [2.75, 3.05) is 26.0 Å². The highest BCUT2D eigenvalue weighted by Crippen LogP contribution is 2.15. The van der Waals surface area contributed by atoms with Gasteiger partial charge < -0.3 is 15.0 Å². The average molecular weight is 403 g/mol. The van der Waals surface area contributed by atoms with Gasteiger partial charge in [0.15, 0.2) is 0 Å². The van der Waals surface area contributed by atoms with Crippen molar-refractivity contribution in [1.82, 2.24) is 4.90 Å². The molecule has 0 aliphatic carbocycles. The molecule has 5 nitrogen and oxygen atoms in total. The fraction of sp³-hybridized carbons (Fsp3) is 0.158. The molecule has 0 unspecified atom stereocenters. The summed E-state index contributed by atoms with van der Waals surface area (Å²) < 4.78 is 6.07. The van der Waals surface area contributed by atoms with Crippen molar-refractivity contribution >= 4 is 39.5 Å². The van der Waals surface area contributed by atoms with Crippen molar-refractivity contribution in [3.63, 3.8) is 0 Å². The second-order valence-electron chi connectivity index (χ2n) is 5.36. The maximum absolute atomic E-state index is 12.1. The van der Waals surface area contributed by atoms with Crippen LogP contribution in [0.5, 0.6) is 5.75 Å². The number of halogens is 1. The van der Waals surface area contributed by atoms with Crippen LogP contribution in [0.15, 0.2) is 59.1 Å². The minimum atomic E-state index is -0.257. The molecule has 2 aromatic carbocycles. The summed E-state index contributed by atoms with van der Waals surface area (Å²) in [7, 11) is 3.17.